The van der Waals surface area contributed by atoms with E-state index < -0.39 is 16.1 Å². The molecule has 1 saturated heterocycles. The van der Waals surface area contributed by atoms with Crippen LogP contribution in [-0.2, 0) is 14.3 Å². The van der Waals surface area contributed by atoms with E-state index in [9.17, 15) is 19.7 Å². The number of methoxy groups -OCH3 is 2. The van der Waals surface area contributed by atoms with E-state index in [1.807, 2.05) is 0 Å². The third kappa shape index (κ3) is 5.17. The lowest BCUT2D eigenvalue weighted by atomic mass is 10.2. The van der Waals surface area contributed by atoms with Crippen LogP contribution in [0.25, 0.3) is 0 Å². The molecule has 1 aromatic carbocycles. The number of amidine groups is 1. The van der Waals surface area contributed by atoms with Gasteiger partial charge in [-0.2, -0.15) is 0 Å². The minimum Gasteiger partial charge on any atom is -0.494 e. The van der Waals surface area contributed by atoms with Crippen LogP contribution in [0.4, 0.5) is 11.4 Å². The normalized spacial score (nSPS) is 17.8. The van der Waals surface area contributed by atoms with Gasteiger partial charge in [0.2, 0.25) is 11.8 Å². The van der Waals surface area contributed by atoms with Crippen molar-refractivity contribution in [1.29, 1.82) is 0 Å². The van der Waals surface area contributed by atoms with E-state index in [4.69, 9.17) is 9.47 Å². The van der Waals surface area contributed by atoms with E-state index in [0.29, 0.717) is 24.0 Å². The van der Waals surface area contributed by atoms with Crippen LogP contribution < -0.4 is 15.4 Å². The number of thioether (sulfide) groups is 1. The van der Waals surface area contributed by atoms with Crippen LogP contribution >= 0.6 is 11.8 Å². The average molecular weight is 382 g/mol. The quantitative estimate of drug-likeness (QED) is 0.392. The summed E-state index contributed by atoms with van der Waals surface area (Å²) >= 11 is 1.18. The first-order valence-electron chi connectivity index (χ1n) is 7.57. The highest BCUT2D eigenvalue weighted by atomic mass is 32.2. The molecule has 0 saturated carbocycles. The minimum absolute atomic E-state index is 0.0695. The number of non-ortho nitro benzene ring substituents is 1. The number of hydrogen-bond acceptors (Lipinski definition) is 8. The molecule has 1 fully saturated rings. The summed E-state index contributed by atoms with van der Waals surface area (Å²) in [4.78, 5) is 38.5. The fraction of sp³-hybridized carbons (Fsp3) is 0.400. The molecule has 0 aromatic heterocycles. The third-order valence-corrected chi connectivity index (χ3v) is 4.49. The van der Waals surface area contributed by atoms with Gasteiger partial charge >= 0.3 is 0 Å². The molecule has 26 heavy (non-hydrogen) atoms. The van der Waals surface area contributed by atoms with E-state index in [0.717, 1.165) is 0 Å². The summed E-state index contributed by atoms with van der Waals surface area (Å²) in [5, 5.41) is 15.9. The Morgan fingerprint density at radius 1 is 1.46 bits per heavy atom. The van der Waals surface area contributed by atoms with Crippen LogP contribution in [0.3, 0.4) is 0 Å². The summed E-state index contributed by atoms with van der Waals surface area (Å²) in [6.07, 6.45) is -0.0695. The highest BCUT2D eigenvalue weighted by molar-refractivity contribution is 8.15. The first kappa shape index (κ1) is 19.7. The molecule has 2 rings (SSSR count). The Morgan fingerprint density at radius 2 is 2.23 bits per heavy atom. The van der Waals surface area contributed by atoms with Gasteiger partial charge in [0, 0.05) is 19.6 Å². The minimum atomic E-state index is -0.597. The Morgan fingerprint density at radius 3 is 2.88 bits per heavy atom. The highest BCUT2D eigenvalue weighted by Crippen LogP contribution is 2.30. The van der Waals surface area contributed by atoms with Crippen molar-refractivity contribution in [1.82, 2.24) is 5.32 Å². The van der Waals surface area contributed by atoms with Crippen LogP contribution in [0, 0.1) is 10.1 Å². The molecular weight excluding hydrogens is 364 g/mol. The Balaban J connectivity index is 1.97. The largest absolute Gasteiger partial charge is 0.494 e. The number of nitro benzene ring substituents is 1. The molecule has 0 bridgehead atoms. The molecule has 1 unspecified atom stereocenters. The molecule has 2 N–H and O–H groups in total. The molecule has 1 aliphatic heterocycles. The third-order valence-electron chi connectivity index (χ3n) is 3.37. The van der Waals surface area contributed by atoms with E-state index in [1.54, 1.807) is 7.11 Å². The summed E-state index contributed by atoms with van der Waals surface area (Å²) in [5.74, 6) is -0.544. The summed E-state index contributed by atoms with van der Waals surface area (Å²) in [6, 6.07) is 3.86. The SMILES string of the molecule is COCCN=C1NC(=O)C(CC(=O)Nc2ccc([N+](=O)[O-])cc2OC)S1. The molecule has 1 aliphatic rings. The predicted molar refractivity (Wildman–Crippen MR) is 96.6 cm³/mol. The number of nitrogens with one attached hydrogen (secondary N) is 2. The van der Waals surface area contributed by atoms with Crippen molar-refractivity contribution in [2.24, 2.45) is 4.99 Å². The topological polar surface area (TPSA) is 132 Å². The van der Waals surface area contributed by atoms with E-state index in [1.165, 1.54) is 37.1 Å². The predicted octanol–water partition coefficient (Wildman–Crippen LogP) is 1.17. The van der Waals surface area contributed by atoms with E-state index in [-0.39, 0.29) is 23.8 Å². The standard InChI is InChI=1S/C15H18N4O6S/c1-24-6-5-16-15-18-14(21)12(26-15)8-13(20)17-10-4-3-9(19(22)23)7-11(10)25-2/h3-4,7,12H,5-6,8H2,1-2H3,(H,17,20)(H,16,18,21). The number of nitro groups is 1. The van der Waals surface area contributed by atoms with Crippen molar-refractivity contribution < 1.29 is 24.0 Å². The summed E-state index contributed by atoms with van der Waals surface area (Å²) in [6.45, 7) is 0.850. The first-order chi connectivity index (χ1) is 12.4. The van der Waals surface area contributed by atoms with Crippen LogP contribution in [-0.4, -0.2) is 54.5 Å². The number of nitrogens with zero attached hydrogens (tertiary/aromatic N) is 2. The van der Waals surface area contributed by atoms with Crippen LogP contribution in [0.1, 0.15) is 6.42 Å². The number of benzene rings is 1. The van der Waals surface area contributed by atoms with Gasteiger partial charge in [-0.05, 0) is 6.07 Å². The lowest BCUT2D eigenvalue weighted by molar-refractivity contribution is -0.384. The molecular formula is C15H18N4O6S. The maximum Gasteiger partial charge on any atom is 0.273 e. The smallest absolute Gasteiger partial charge is 0.273 e. The fourth-order valence-electron chi connectivity index (χ4n) is 2.12. The van der Waals surface area contributed by atoms with Crippen LogP contribution in [0.2, 0.25) is 0 Å². The molecule has 10 nitrogen and oxygen atoms in total. The molecule has 140 valence electrons. The van der Waals surface area contributed by atoms with Crippen LogP contribution in [0.5, 0.6) is 5.75 Å². The average Bonchev–Trinajstić information content (AvgIpc) is 2.94. The van der Waals surface area contributed by atoms with Crippen molar-refractivity contribution in [2.75, 3.05) is 32.7 Å². The first-order valence-corrected chi connectivity index (χ1v) is 8.45. The van der Waals surface area contributed by atoms with Crippen LogP contribution in [0.15, 0.2) is 23.2 Å². The zero-order valence-electron chi connectivity index (χ0n) is 14.2. The Kier molecular flexibility index (Phi) is 6.92. The number of hydrogen-bond donors (Lipinski definition) is 2. The van der Waals surface area contributed by atoms with Gasteiger partial charge in [0.25, 0.3) is 5.69 Å². The van der Waals surface area contributed by atoms with Crippen molar-refractivity contribution in [3.8, 4) is 5.75 Å². The van der Waals surface area contributed by atoms with Crippen molar-refractivity contribution in [3.63, 3.8) is 0 Å². The van der Waals surface area contributed by atoms with Gasteiger partial charge < -0.3 is 20.1 Å². The van der Waals surface area contributed by atoms with E-state index >= 15 is 0 Å². The fourth-order valence-corrected chi connectivity index (χ4v) is 3.12. The number of carbonyl (C=O) groups excluding carboxylic acids is 2. The van der Waals surface area contributed by atoms with Gasteiger partial charge in [0.1, 0.15) is 11.0 Å². The molecule has 11 heteroatoms. The summed E-state index contributed by atoms with van der Waals surface area (Å²) in [5.41, 5.74) is 0.142. The molecule has 0 spiro atoms. The van der Waals surface area contributed by atoms with Crippen molar-refractivity contribution >= 4 is 40.1 Å². The van der Waals surface area contributed by atoms with Gasteiger partial charge in [-0.1, -0.05) is 11.8 Å². The number of rotatable bonds is 8. The lowest BCUT2D eigenvalue weighted by Crippen LogP contribution is -2.28. The Bertz CT molecular complexity index is 739. The highest BCUT2D eigenvalue weighted by Gasteiger charge is 2.32. The zero-order chi connectivity index (χ0) is 19.1. The second-order valence-corrected chi connectivity index (χ2v) is 6.36. The number of amides is 2. The molecule has 1 atom stereocenters. The van der Waals surface area contributed by atoms with Gasteiger partial charge in [0.15, 0.2) is 5.17 Å². The molecule has 0 aliphatic carbocycles. The summed E-state index contributed by atoms with van der Waals surface area (Å²) in [7, 11) is 2.90. The summed E-state index contributed by atoms with van der Waals surface area (Å²) < 4.78 is 9.95. The maximum atomic E-state index is 12.2. The Labute approximate surface area is 153 Å². The second-order valence-electron chi connectivity index (χ2n) is 5.17. The number of aliphatic imine (C=N–C) groups is 1. The lowest BCUT2D eigenvalue weighted by Gasteiger charge is -2.11. The monoisotopic (exact) mass is 382 g/mol. The van der Waals surface area contributed by atoms with E-state index in [2.05, 4.69) is 15.6 Å². The van der Waals surface area contributed by atoms with Gasteiger partial charge in [-0.15, -0.1) is 0 Å². The zero-order valence-corrected chi connectivity index (χ0v) is 15.0. The molecule has 1 aromatic rings. The molecule has 2 amide bonds. The maximum absolute atomic E-state index is 12.2. The number of ether oxygens (including phenoxy) is 2. The number of carbonyl (C=O) groups is 2. The van der Waals surface area contributed by atoms with Crippen molar-refractivity contribution in [2.45, 2.75) is 11.7 Å². The second kappa shape index (κ2) is 9.15. The van der Waals surface area contributed by atoms with Gasteiger partial charge in [-0.3, -0.25) is 24.7 Å². The molecule has 0 radical (unpaired) electrons. The molecule has 1 heterocycles. The number of anilines is 1. The van der Waals surface area contributed by atoms with Gasteiger partial charge in [-0.25, -0.2) is 0 Å². The van der Waals surface area contributed by atoms with Crippen molar-refractivity contribution in [3.05, 3.63) is 28.3 Å². The Hall–Kier alpha value is -2.66. The van der Waals surface area contributed by atoms with Gasteiger partial charge in [0.05, 0.1) is 36.9 Å².